The quantitative estimate of drug-likeness (QED) is 0.682. The zero-order valence-electron chi connectivity index (χ0n) is 8.31. The van der Waals surface area contributed by atoms with E-state index in [1.54, 1.807) is 19.2 Å². The molecule has 0 aliphatic rings. The highest BCUT2D eigenvalue weighted by molar-refractivity contribution is 7.98. The third kappa shape index (κ3) is 1.59. The molecule has 2 aromatic rings. The first-order chi connectivity index (χ1) is 7.13. The van der Waals surface area contributed by atoms with Gasteiger partial charge in [-0.15, -0.1) is 11.8 Å². The fourth-order valence-electron chi connectivity index (χ4n) is 1.40. The first-order valence-corrected chi connectivity index (χ1v) is 5.54. The zero-order chi connectivity index (χ0) is 11.0. The van der Waals surface area contributed by atoms with Gasteiger partial charge in [-0.1, -0.05) is 0 Å². The first-order valence-electron chi connectivity index (χ1n) is 4.31. The molecule has 0 radical (unpaired) electrons. The lowest BCUT2D eigenvalue weighted by Crippen LogP contribution is -2.22. The summed E-state index contributed by atoms with van der Waals surface area (Å²) >= 11 is 1.53. The van der Waals surface area contributed by atoms with Gasteiger partial charge in [0.25, 0.3) is 0 Å². The predicted octanol–water partition coefficient (Wildman–Crippen LogP) is 1.21. The normalized spacial score (nSPS) is 10.8. The third-order valence-electron chi connectivity index (χ3n) is 2.24. The molecule has 0 spiro atoms. The Morgan fingerprint density at radius 2 is 2.07 bits per heavy atom. The van der Waals surface area contributed by atoms with Crippen molar-refractivity contribution in [1.82, 2.24) is 4.57 Å². The number of hydrogen-bond donors (Lipinski definition) is 0. The van der Waals surface area contributed by atoms with Gasteiger partial charge in [0.15, 0.2) is 0 Å². The fraction of sp³-hybridized carbons (Fsp3) is 0.200. The summed E-state index contributed by atoms with van der Waals surface area (Å²) < 4.78 is 5.88. The summed E-state index contributed by atoms with van der Waals surface area (Å²) in [7, 11) is 1.58. The van der Waals surface area contributed by atoms with Crippen LogP contribution in [0.15, 0.2) is 37.1 Å². The molecule has 0 saturated carbocycles. The van der Waals surface area contributed by atoms with Crippen molar-refractivity contribution < 1.29 is 4.42 Å². The van der Waals surface area contributed by atoms with E-state index in [0.717, 1.165) is 4.90 Å². The fourth-order valence-corrected chi connectivity index (χ4v) is 1.84. The molecule has 0 bridgehead atoms. The van der Waals surface area contributed by atoms with Crippen LogP contribution in [-0.2, 0) is 7.05 Å². The summed E-state index contributed by atoms with van der Waals surface area (Å²) in [5.41, 5.74) is 0.0121. The van der Waals surface area contributed by atoms with E-state index in [-0.39, 0.29) is 0 Å². The van der Waals surface area contributed by atoms with Gasteiger partial charge < -0.3 is 4.42 Å². The van der Waals surface area contributed by atoms with Crippen LogP contribution in [0.1, 0.15) is 0 Å². The number of benzene rings is 1. The van der Waals surface area contributed by atoms with Gasteiger partial charge in [-0.2, -0.15) is 0 Å². The number of rotatable bonds is 1. The Morgan fingerprint density at radius 3 is 2.73 bits per heavy atom. The molecular formula is C10H9NO3S. The first kappa shape index (κ1) is 10.0. The lowest BCUT2D eigenvalue weighted by Gasteiger charge is -2.03. The molecule has 4 nitrogen and oxygen atoms in total. The molecule has 0 fully saturated rings. The second-order valence-corrected chi connectivity index (χ2v) is 3.98. The topological polar surface area (TPSA) is 52.2 Å². The van der Waals surface area contributed by atoms with Crippen LogP contribution in [0.2, 0.25) is 0 Å². The Balaban J connectivity index is 2.96. The van der Waals surface area contributed by atoms with E-state index < -0.39 is 11.4 Å². The smallest absolute Gasteiger partial charge is 0.372 e. The molecule has 1 heterocycles. The van der Waals surface area contributed by atoms with Gasteiger partial charge in [0.1, 0.15) is 0 Å². The van der Waals surface area contributed by atoms with Crippen LogP contribution in [0, 0.1) is 0 Å². The van der Waals surface area contributed by atoms with Crippen molar-refractivity contribution >= 4 is 22.7 Å². The maximum Gasteiger partial charge on any atom is 0.422 e. The number of hydrogen-bond acceptors (Lipinski definition) is 4. The monoisotopic (exact) mass is 223 g/mol. The van der Waals surface area contributed by atoms with Crippen molar-refractivity contribution in [3.8, 4) is 0 Å². The van der Waals surface area contributed by atoms with Crippen LogP contribution in [0.4, 0.5) is 0 Å². The highest BCUT2D eigenvalue weighted by Gasteiger charge is 2.06. The Bertz CT molecular complexity index is 627. The van der Waals surface area contributed by atoms with Crippen LogP contribution in [0.25, 0.3) is 10.9 Å². The maximum atomic E-state index is 11.4. The van der Waals surface area contributed by atoms with Gasteiger partial charge in [-0.05, 0) is 24.5 Å². The van der Waals surface area contributed by atoms with Crippen molar-refractivity contribution in [2.45, 2.75) is 4.90 Å². The third-order valence-corrected chi connectivity index (χ3v) is 2.96. The Hall–Kier alpha value is -1.49. The molecule has 5 heteroatoms. The number of thioether (sulfide) groups is 1. The van der Waals surface area contributed by atoms with Crippen molar-refractivity contribution in [3.05, 3.63) is 39.2 Å². The van der Waals surface area contributed by atoms with Gasteiger partial charge in [0, 0.05) is 11.9 Å². The van der Waals surface area contributed by atoms with E-state index in [9.17, 15) is 9.59 Å². The lowest BCUT2D eigenvalue weighted by molar-refractivity contribution is 0.432. The van der Waals surface area contributed by atoms with Crippen molar-refractivity contribution in [2.24, 2.45) is 7.05 Å². The van der Waals surface area contributed by atoms with Gasteiger partial charge in [-0.25, -0.2) is 9.59 Å². The average molecular weight is 223 g/mol. The Kier molecular flexibility index (Phi) is 2.40. The van der Waals surface area contributed by atoms with Gasteiger partial charge in [-0.3, -0.25) is 4.57 Å². The largest absolute Gasteiger partial charge is 0.422 e. The van der Waals surface area contributed by atoms with Crippen LogP contribution in [-0.4, -0.2) is 10.8 Å². The molecule has 0 unspecified atom stereocenters. The minimum absolute atomic E-state index is 0.434. The Morgan fingerprint density at radius 1 is 1.33 bits per heavy atom. The van der Waals surface area contributed by atoms with Crippen molar-refractivity contribution in [1.29, 1.82) is 0 Å². The predicted molar refractivity (Wildman–Crippen MR) is 59.5 cm³/mol. The van der Waals surface area contributed by atoms with Crippen LogP contribution in [0.5, 0.6) is 0 Å². The van der Waals surface area contributed by atoms with E-state index in [1.807, 2.05) is 12.3 Å². The molecule has 1 aromatic carbocycles. The van der Waals surface area contributed by atoms with Crippen molar-refractivity contribution in [2.75, 3.05) is 6.26 Å². The van der Waals surface area contributed by atoms with E-state index in [4.69, 9.17) is 0 Å². The Labute approximate surface area is 89.5 Å². The minimum atomic E-state index is -0.635. The molecule has 78 valence electrons. The van der Waals surface area contributed by atoms with Crippen LogP contribution < -0.4 is 11.4 Å². The molecular weight excluding hydrogens is 214 g/mol. The summed E-state index contributed by atoms with van der Waals surface area (Å²) in [4.78, 5) is 23.6. The van der Waals surface area contributed by atoms with Gasteiger partial charge in [0.05, 0.1) is 10.9 Å². The molecule has 0 aliphatic heterocycles. The zero-order valence-corrected chi connectivity index (χ0v) is 9.13. The van der Waals surface area contributed by atoms with E-state index in [2.05, 4.69) is 4.42 Å². The maximum absolute atomic E-state index is 11.4. The van der Waals surface area contributed by atoms with Gasteiger partial charge in [0.2, 0.25) is 0 Å². The molecule has 0 amide bonds. The van der Waals surface area contributed by atoms with Crippen LogP contribution in [0.3, 0.4) is 0 Å². The second-order valence-electron chi connectivity index (χ2n) is 3.10. The van der Waals surface area contributed by atoms with Crippen molar-refractivity contribution in [3.63, 3.8) is 0 Å². The second kappa shape index (κ2) is 3.58. The molecule has 2 rings (SSSR count). The summed E-state index contributed by atoms with van der Waals surface area (Å²) in [6.07, 6.45) is 1.92. The van der Waals surface area contributed by atoms with E-state index >= 15 is 0 Å². The number of aromatic nitrogens is 1. The highest BCUT2D eigenvalue weighted by atomic mass is 32.2. The molecule has 1 aromatic heterocycles. The lowest BCUT2D eigenvalue weighted by atomic mass is 10.2. The molecule has 15 heavy (non-hydrogen) atoms. The average Bonchev–Trinajstić information content (AvgIpc) is 2.25. The summed E-state index contributed by atoms with van der Waals surface area (Å²) in [5.74, 6) is -0.635. The number of fused-ring (bicyclic) bond motifs is 1. The van der Waals surface area contributed by atoms with E-state index in [1.165, 1.54) is 16.3 Å². The molecule has 0 atom stereocenters. The van der Waals surface area contributed by atoms with Gasteiger partial charge >= 0.3 is 11.4 Å². The molecule has 0 aliphatic carbocycles. The summed E-state index contributed by atoms with van der Waals surface area (Å²) in [5, 5.41) is 0.434. The SMILES string of the molecule is CSc1ccc2c(c1)c(=O)oc(=O)n2C. The highest BCUT2D eigenvalue weighted by Crippen LogP contribution is 2.18. The van der Waals surface area contributed by atoms with E-state index in [0.29, 0.717) is 10.9 Å². The number of nitrogens with zero attached hydrogens (tertiary/aromatic N) is 1. The minimum Gasteiger partial charge on any atom is -0.372 e. The summed E-state index contributed by atoms with van der Waals surface area (Å²) in [6.45, 7) is 0. The standard InChI is InChI=1S/C10H9NO3S/c1-11-8-4-3-6(15-2)5-7(8)9(12)14-10(11)13/h3-5H,1-2H3. The number of aryl methyl sites for hydroxylation is 1. The molecule has 0 saturated heterocycles. The molecule has 0 N–H and O–H groups in total. The summed E-state index contributed by atoms with van der Waals surface area (Å²) in [6, 6.07) is 5.34. The van der Waals surface area contributed by atoms with Crippen LogP contribution >= 0.6 is 11.8 Å².